The lowest BCUT2D eigenvalue weighted by Gasteiger charge is -2.14. The summed E-state index contributed by atoms with van der Waals surface area (Å²) in [6.45, 7) is 5.10. The number of aliphatic hydroxyl groups excluding tert-OH is 2. The van der Waals surface area contributed by atoms with Crippen LogP contribution >= 0.6 is 0 Å². The molecule has 0 fully saturated rings. The number of aliphatic hydroxyl groups is 2. The zero-order valence-electron chi connectivity index (χ0n) is 21.5. The number of aryl methyl sites for hydroxylation is 1. The standard InChI is InChI=1S/C28H43N3O5/c1-2-30-28(35)31-25-13-10-22(11-14-25)9-5-8-18-36-17-7-4-3-6-16-29-20-27(34)23-12-15-26(33)24(19-23)21-32/h10-15,19,27,29,32-34H,2-9,16-18,20-21H2,1H3,(H2,30,31,35)/t27-/m0/s1. The van der Waals surface area contributed by atoms with Crippen LogP contribution in [0.4, 0.5) is 10.5 Å². The van der Waals surface area contributed by atoms with Gasteiger partial charge in [-0.25, -0.2) is 4.79 Å². The van der Waals surface area contributed by atoms with Crippen LogP contribution in [-0.4, -0.2) is 54.2 Å². The first-order valence-corrected chi connectivity index (χ1v) is 13.1. The molecule has 2 amide bonds. The van der Waals surface area contributed by atoms with E-state index in [4.69, 9.17) is 4.74 Å². The topological polar surface area (TPSA) is 123 Å². The molecule has 0 saturated carbocycles. The number of carbonyl (C=O) groups excluding carboxylic acids is 1. The van der Waals surface area contributed by atoms with Gasteiger partial charge in [0.1, 0.15) is 5.75 Å². The maximum atomic E-state index is 11.5. The molecular weight excluding hydrogens is 458 g/mol. The maximum Gasteiger partial charge on any atom is 0.319 e. The number of amides is 2. The third kappa shape index (κ3) is 11.9. The normalized spacial score (nSPS) is 11.9. The number of hydrogen-bond acceptors (Lipinski definition) is 6. The van der Waals surface area contributed by atoms with Gasteiger partial charge >= 0.3 is 6.03 Å². The predicted molar refractivity (Wildman–Crippen MR) is 143 cm³/mol. The summed E-state index contributed by atoms with van der Waals surface area (Å²) in [5, 5.41) is 37.9. The van der Waals surface area contributed by atoms with Crippen LogP contribution in [0.3, 0.4) is 0 Å². The highest BCUT2D eigenvalue weighted by Crippen LogP contribution is 2.22. The van der Waals surface area contributed by atoms with Gasteiger partial charge in [0.25, 0.3) is 0 Å². The van der Waals surface area contributed by atoms with E-state index in [2.05, 4.69) is 28.1 Å². The molecule has 0 unspecified atom stereocenters. The number of phenols is 1. The third-order valence-electron chi connectivity index (χ3n) is 5.94. The lowest BCUT2D eigenvalue weighted by Crippen LogP contribution is -2.28. The van der Waals surface area contributed by atoms with Gasteiger partial charge in [-0.3, -0.25) is 0 Å². The average Bonchev–Trinajstić information content (AvgIpc) is 2.88. The number of aromatic hydroxyl groups is 1. The summed E-state index contributed by atoms with van der Waals surface area (Å²) in [6, 6.07) is 12.6. The first-order chi connectivity index (χ1) is 17.5. The smallest absolute Gasteiger partial charge is 0.319 e. The zero-order chi connectivity index (χ0) is 26.0. The fraction of sp³-hybridized carbons (Fsp3) is 0.536. The molecule has 0 spiro atoms. The minimum absolute atomic E-state index is 0.0423. The van der Waals surface area contributed by atoms with Crippen molar-refractivity contribution >= 4 is 11.7 Å². The number of nitrogens with one attached hydrogen (secondary N) is 3. The molecule has 0 aliphatic heterocycles. The van der Waals surface area contributed by atoms with Crippen molar-refractivity contribution in [1.29, 1.82) is 0 Å². The number of urea groups is 1. The van der Waals surface area contributed by atoms with Crippen LogP contribution in [0.15, 0.2) is 42.5 Å². The molecule has 200 valence electrons. The van der Waals surface area contributed by atoms with Crippen molar-refractivity contribution in [2.24, 2.45) is 0 Å². The lowest BCUT2D eigenvalue weighted by molar-refractivity contribution is 0.126. The molecule has 36 heavy (non-hydrogen) atoms. The van der Waals surface area contributed by atoms with E-state index < -0.39 is 6.10 Å². The summed E-state index contributed by atoms with van der Waals surface area (Å²) in [5.41, 5.74) is 3.17. The fourth-order valence-electron chi connectivity index (χ4n) is 3.83. The van der Waals surface area contributed by atoms with E-state index in [-0.39, 0.29) is 18.4 Å². The van der Waals surface area contributed by atoms with Crippen molar-refractivity contribution in [2.45, 2.75) is 64.6 Å². The SMILES string of the molecule is CCNC(=O)Nc1ccc(CCCCOCCCCCCNC[C@H](O)c2ccc(O)c(CO)c2)cc1. The summed E-state index contributed by atoms with van der Waals surface area (Å²) < 4.78 is 5.75. The number of carbonyl (C=O) groups is 1. The molecule has 0 bridgehead atoms. The molecule has 0 heterocycles. The molecule has 2 rings (SSSR count). The molecule has 8 heteroatoms. The Morgan fingerprint density at radius 2 is 1.69 bits per heavy atom. The molecule has 0 saturated heterocycles. The second-order valence-corrected chi connectivity index (χ2v) is 8.93. The fourth-order valence-corrected chi connectivity index (χ4v) is 3.83. The number of rotatable bonds is 18. The van der Waals surface area contributed by atoms with Crippen molar-refractivity contribution in [3.63, 3.8) is 0 Å². The predicted octanol–water partition coefficient (Wildman–Crippen LogP) is 4.25. The second kappa shape index (κ2) is 17.7. The largest absolute Gasteiger partial charge is 0.508 e. The Morgan fingerprint density at radius 1 is 0.972 bits per heavy atom. The highest BCUT2D eigenvalue weighted by atomic mass is 16.5. The van der Waals surface area contributed by atoms with Crippen molar-refractivity contribution in [2.75, 3.05) is 38.2 Å². The minimum Gasteiger partial charge on any atom is -0.508 e. The van der Waals surface area contributed by atoms with Crippen LogP contribution < -0.4 is 16.0 Å². The van der Waals surface area contributed by atoms with Gasteiger partial charge in [-0.2, -0.15) is 0 Å². The first-order valence-electron chi connectivity index (χ1n) is 13.1. The number of benzene rings is 2. The van der Waals surface area contributed by atoms with Gasteiger partial charge in [-0.05, 0) is 81.0 Å². The van der Waals surface area contributed by atoms with Crippen molar-refractivity contribution in [1.82, 2.24) is 10.6 Å². The van der Waals surface area contributed by atoms with E-state index in [1.54, 1.807) is 12.1 Å². The van der Waals surface area contributed by atoms with Gasteiger partial charge in [-0.15, -0.1) is 0 Å². The van der Waals surface area contributed by atoms with Crippen LogP contribution in [0.1, 0.15) is 68.2 Å². The zero-order valence-corrected chi connectivity index (χ0v) is 21.5. The van der Waals surface area contributed by atoms with Gasteiger partial charge < -0.3 is 36.0 Å². The Kier molecular flexibility index (Phi) is 14.6. The molecule has 2 aromatic rings. The van der Waals surface area contributed by atoms with Gasteiger partial charge in [0, 0.05) is 37.6 Å². The molecule has 2 aromatic carbocycles. The second-order valence-electron chi connectivity index (χ2n) is 8.93. The Labute approximate surface area is 215 Å². The summed E-state index contributed by atoms with van der Waals surface area (Å²) in [4.78, 5) is 11.5. The molecule has 0 radical (unpaired) electrons. The van der Waals surface area contributed by atoms with Gasteiger partial charge in [0.05, 0.1) is 12.7 Å². The van der Waals surface area contributed by atoms with Crippen LogP contribution in [0, 0.1) is 0 Å². The summed E-state index contributed by atoms with van der Waals surface area (Å²) >= 11 is 0. The molecule has 0 aliphatic carbocycles. The third-order valence-corrected chi connectivity index (χ3v) is 5.94. The van der Waals surface area contributed by atoms with E-state index >= 15 is 0 Å². The molecule has 8 nitrogen and oxygen atoms in total. The maximum absolute atomic E-state index is 11.5. The molecule has 0 aromatic heterocycles. The van der Waals surface area contributed by atoms with Crippen molar-refractivity contribution < 1.29 is 24.9 Å². The van der Waals surface area contributed by atoms with E-state index in [0.29, 0.717) is 24.2 Å². The summed E-state index contributed by atoms with van der Waals surface area (Å²) in [6.07, 6.45) is 6.78. The van der Waals surface area contributed by atoms with E-state index in [9.17, 15) is 20.1 Å². The van der Waals surface area contributed by atoms with Crippen molar-refractivity contribution in [3.05, 3.63) is 59.2 Å². The van der Waals surface area contributed by atoms with E-state index in [1.165, 1.54) is 11.6 Å². The molecular formula is C28H43N3O5. The number of hydrogen-bond donors (Lipinski definition) is 6. The van der Waals surface area contributed by atoms with Gasteiger partial charge in [-0.1, -0.05) is 31.0 Å². The molecule has 1 atom stereocenters. The lowest BCUT2D eigenvalue weighted by atomic mass is 10.1. The Morgan fingerprint density at radius 3 is 2.42 bits per heavy atom. The monoisotopic (exact) mass is 501 g/mol. The van der Waals surface area contributed by atoms with Crippen LogP contribution in [0.5, 0.6) is 5.75 Å². The van der Waals surface area contributed by atoms with E-state index in [1.807, 2.05) is 19.1 Å². The number of anilines is 1. The van der Waals surface area contributed by atoms with Crippen LogP contribution in [-0.2, 0) is 17.8 Å². The van der Waals surface area contributed by atoms with Crippen LogP contribution in [0.2, 0.25) is 0 Å². The quantitative estimate of drug-likeness (QED) is 0.170. The van der Waals surface area contributed by atoms with Gasteiger partial charge in [0.2, 0.25) is 0 Å². The van der Waals surface area contributed by atoms with Crippen molar-refractivity contribution in [3.8, 4) is 5.75 Å². The Balaban J connectivity index is 1.40. The highest BCUT2D eigenvalue weighted by molar-refractivity contribution is 5.89. The summed E-state index contributed by atoms with van der Waals surface area (Å²) in [5.74, 6) is 0.0423. The Hall–Kier alpha value is -2.65. The van der Waals surface area contributed by atoms with E-state index in [0.717, 1.165) is 70.4 Å². The first kappa shape index (κ1) is 29.6. The number of ether oxygens (including phenoxy) is 1. The number of unbranched alkanes of at least 4 members (excludes halogenated alkanes) is 4. The minimum atomic E-state index is -0.667. The van der Waals surface area contributed by atoms with Crippen LogP contribution in [0.25, 0.3) is 0 Å². The molecule has 6 N–H and O–H groups in total. The molecule has 0 aliphatic rings. The Bertz CT molecular complexity index is 876. The average molecular weight is 502 g/mol. The summed E-state index contributed by atoms with van der Waals surface area (Å²) in [7, 11) is 0. The highest BCUT2D eigenvalue weighted by Gasteiger charge is 2.10. The van der Waals surface area contributed by atoms with Gasteiger partial charge in [0.15, 0.2) is 0 Å².